The van der Waals surface area contributed by atoms with Gasteiger partial charge in [-0.25, -0.2) is 0 Å². The van der Waals surface area contributed by atoms with E-state index in [1.54, 1.807) is 26.0 Å². The van der Waals surface area contributed by atoms with Crippen molar-refractivity contribution in [1.29, 1.82) is 0 Å². The van der Waals surface area contributed by atoms with E-state index in [0.29, 0.717) is 13.0 Å². The van der Waals surface area contributed by atoms with Crippen molar-refractivity contribution in [3.8, 4) is 0 Å². The van der Waals surface area contributed by atoms with Gasteiger partial charge in [0.1, 0.15) is 5.41 Å². The van der Waals surface area contributed by atoms with Gasteiger partial charge >= 0.3 is 0 Å². The molecule has 6 nitrogen and oxygen atoms in total. The normalized spacial score (nSPS) is 17.4. The molecule has 0 saturated heterocycles. The first-order chi connectivity index (χ1) is 7.84. The van der Waals surface area contributed by atoms with E-state index in [0.717, 1.165) is 0 Å². The minimum absolute atomic E-state index is 0.0649. The Bertz CT molecular complexity index is 294. The molecule has 100 valence electrons. The molecule has 0 radical (unpaired) electrons. The van der Waals surface area contributed by atoms with E-state index in [2.05, 4.69) is 5.16 Å². The molecule has 0 spiro atoms. The molecule has 0 heterocycles. The Morgan fingerprint density at radius 2 is 2.18 bits per heavy atom. The minimum Gasteiger partial charge on any atom is -0.409 e. The number of oxime groups is 1. The fraction of sp³-hybridized carbons (Fsp3) is 0.818. The van der Waals surface area contributed by atoms with Crippen molar-refractivity contribution in [3.63, 3.8) is 0 Å². The van der Waals surface area contributed by atoms with Crippen LogP contribution in [0.1, 0.15) is 27.2 Å². The summed E-state index contributed by atoms with van der Waals surface area (Å²) in [6.45, 7) is 5.81. The van der Waals surface area contributed by atoms with Gasteiger partial charge in [-0.15, -0.1) is 0 Å². The quantitative estimate of drug-likeness (QED) is 0.311. The van der Waals surface area contributed by atoms with Crippen LogP contribution in [0, 0.1) is 5.41 Å². The summed E-state index contributed by atoms with van der Waals surface area (Å²) < 4.78 is 5.00. The lowest BCUT2D eigenvalue weighted by Gasteiger charge is -2.33. The van der Waals surface area contributed by atoms with Gasteiger partial charge in [-0.05, 0) is 20.3 Å². The van der Waals surface area contributed by atoms with E-state index in [4.69, 9.17) is 15.7 Å². The molecule has 0 fully saturated rings. The maximum absolute atomic E-state index is 12.3. The first-order valence-corrected chi connectivity index (χ1v) is 5.59. The zero-order valence-electron chi connectivity index (χ0n) is 11.2. The van der Waals surface area contributed by atoms with Crippen LogP contribution in [0.4, 0.5) is 0 Å². The SMILES string of the molecule is CCC(C)(C(=O)N(C)C(C)COC)C(N)=NO. The topological polar surface area (TPSA) is 88.2 Å². The highest BCUT2D eigenvalue weighted by Gasteiger charge is 2.39. The fourth-order valence-electron chi connectivity index (χ4n) is 1.49. The molecule has 2 atom stereocenters. The van der Waals surface area contributed by atoms with Crippen LogP contribution in [-0.4, -0.2) is 48.7 Å². The molecule has 0 aromatic carbocycles. The van der Waals surface area contributed by atoms with E-state index >= 15 is 0 Å². The highest BCUT2D eigenvalue weighted by atomic mass is 16.5. The van der Waals surface area contributed by atoms with Crippen molar-refractivity contribution >= 4 is 11.7 Å². The van der Waals surface area contributed by atoms with Crippen LogP contribution in [-0.2, 0) is 9.53 Å². The molecule has 17 heavy (non-hydrogen) atoms. The number of methoxy groups -OCH3 is 1. The van der Waals surface area contributed by atoms with E-state index in [1.807, 2.05) is 13.8 Å². The van der Waals surface area contributed by atoms with Crippen molar-refractivity contribution in [3.05, 3.63) is 0 Å². The van der Waals surface area contributed by atoms with Gasteiger partial charge in [0.15, 0.2) is 5.84 Å². The third-order valence-corrected chi connectivity index (χ3v) is 3.24. The van der Waals surface area contributed by atoms with Crippen LogP contribution in [0.25, 0.3) is 0 Å². The number of hydrogen-bond acceptors (Lipinski definition) is 4. The van der Waals surface area contributed by atoms with Gasteiger partial charge in [0.05, 0.1) is 12.6 Å². The average Bonchev–Trinajstić information content (AvgIpc) is 2.35. The summed E-state index contributed by atoms with van der Waals surface area (Å²) in [6.07, 6.45) is 0.464. The zero-order valence-corrected chi connectivity index (χ0v) is 11.2. The Balaban J connectivity index is 4.99. The number of carbonyl (C=O) groups is 1. The van der Waals surface area contributed by atoms with Gasteiger partial charge in [-0.3, -0.25) is 4.79 Å². The summed E-state index contributed by atoms with van der Waals surface area (Å²) in [5, 5.41) is 11.7. The monoisotopic (exact) mass is 245 g/mol. The second kappa shape index (κ2) is 6.44. The minimum atomic E-state index is -0.981. The molecule has 0 aliphatic carbocycles. The smallest absolute Gasteiger partial charge is 0.236 e. The molecular formula is C11H23N3O3. The average molecular weight is 245 g/mol. The standard InChI is InChI=1S/C11H23N3O3/c1-6-11(3,9(12)13-16)10(15)14(4)8(2)7-17-5/h8,16H,6-7H2,1-5H3,(H2,12,13). The highest BCUT2D eigenvalue weighted by molar-refractivity contribution is 6.06. The molecule has 0 aliphatic heterocycles. The summed E-state index contributed by atoms with van der Waals surface area (Å²) in [5.41, 5.74) is 4.62. The van der Waals surface area contributed by atoms with Crippen molar-refractivity contribution < 1.29 is 14.7 Å². The van der Waals surface area contributed by atoms with Crippen molar-refractivity contribution in [2.75, 3.05) is 20.8 Å². The Morgan fingerprint density at radius 1 is 1.65 bits per heavy atom. The summed E-state index contributed by atoms with van der Waals surface area (Å²) in [7, 11) is 3.27. The molecule has 2 unspecified atom stereocenters. The molecule has 0 aromatic heterocycles. The van der Waals surface area contributed by atoms with Gasteiger partial charge in [0, 0.05) is 14.2 Å². The first-order valence-electron chi connectivity index (χ1n) is 5.59. The molecule has 0 aromatic rings. The lowest BCUT2D eigenvalue weighted by molar-refractivity contribution is -0.139. The van der Waals surface area contributed by atoms with Crippen LogP contribution in [0.5, 0.6) is 0 Å². The third kappa shape index (κ3) is 3.33. The van der Waals surface area contributed by atoms with Crippen molar-refractivity contribution in [2.45, 2.75) is 33.2 Å². The van der Waals surface area contributed by atoms with Crippen molar-refractivity contribution in [1.82, 2.24) is 4.90 Å². The number of carbonyl (C=O) groups excluding carboxylic acids is 1. The number of nitrogens with zero attached hydrogens (tertiary/aromatic N) is 2. The lowest BCUT2D eigenvalue weighted by Crippen LogP contribution is -2.51. The van der Waals surface area contributed by atoms with Crippen molar-refractivity contribution in [2.24, 2.45) is 16.3 Å². The highest BCUT2D eigenvalue weighted by Crippen LogP contribution is 2.25. The molecule has 3 N–H and O–H groups in total. The second-order valence-corrected chi connectivity index (χ2v) is 4.39. The van der Waals surface area contributed by atoms with Gasteiger partial charge in [-0.1, -0.05) is 12.1 Å². The van der Waals surface area contributed by atoms with E-state index in [-0.39, 0.29) is 17.8 Å². The Hall–Kier alpha value is -1.30. The Labute approximate surface area is 102 Å². The number of amides is 1. The van der Waals surface area contributed by atoms with Crippen LogP contribution in [0.3, 0.4) is 0 Å². The number of amidine groups is 1. The summed E-state index contributed by atoms with van der Waals surface area (Å²) >= 11 is 0. The number of nitrogens with two attached hydrogens (primary N) is 1. The molecule has 0 saturated carbocycles. The Morgan fingerprint density at radius 3 is 2.53 bits per heavy atom. The lowest BCUT2D eigenvalue weighted by atomic mass is 9.84. The van der Waals surface area contributed by atoms with Crippen LogP contribution < -0.4 is 5.73 Å². The van der Waals surface area contributed by atoms with E-state index in [1.165, 1.54) is 0 Å². The third-order valence-electron chi connectivity index (χ3n) is 3.24. The number of likely N-dealkylation sites (N-methyl/N-ethyl adjacent to an activating group) is 1. The van der Waals surface area contributed by atoms with E-state index < -0.39 is 5.41 Å². The molecule has 0 rings (SSSR count). The number of hydrogen-bond donors (Lipinski definition) is 2. The number of ether oxygens (including phenoxy) is 1. The Kier molecular flexibility index (Phi) is 5.95. The molecule has 6 heteroatoms. The molecule has 1 amide bonds. The summed E-state index contributed by atoms with van der Waals surface area (Å²) in [5.74, 6) is -0.249. The summed E-state index contributed by atoms with van der Waals surface area (Å²) in [6, 6.07) is -0.0649. The zero-order chi connectivity index (χ0) is 13.6. The molecular weight excluding hydrogens is 222 g/mol. The van der Waals surface area contributed by atoms with Gasteiger partial charge in [-0.2, -0.15) is 0 Å². The fourth-order valence-corrected chi connectivity index (χ4v) is 1.49. The predicted molar refractivity (Wildman–Crippen MR) is 65.9 cm³/mol. The maximum atomic E-state index is 12.3. The summed E-state index contributed by atoms with van der Waals surface area (Å²) in [4.78, 5) is 13.9. The maximum Gasteiger partial charge on any atom is 0.236 e. The molecule has 0 aliphatic rings. The second-order valence-electron chi connectivity index (χ2n) is 4.39. The van der Waals surface area contributed by atoms with Gasteiger partial charge in [0.25, 0.3) is 0 Å². The number of rotatable bonds is 6. The largest absolute Gasteiger partial charge is 0.409 e. The van der Waals surface area contributed by atoms with Crippen LogP contribution >= 0.6 is 0 Å². The molecule has 0 bridgehead atoms. The van der Waals surface area contributed by atoms with Gasteiger partial charge < -0.3 is 20.6 Å². The van der Waals surface area contributed by atoms with Gasteiger partial charge in [0.2, 0.25) is 5.91 Å². The van der Waals surface area contributed by atoms with Crippen LogP contribution in [0.2, 0.25) is 0 Å². The first kappa shape index (κ1) is 15.7. The van der Waals surface area contributed by atoms with Crippen LogP contribution in [0.15, 0.2) is 5.16 Å². The predicted octanol–water partition coefficient (Wildman–Crippen LogP) is 0.642. The van der Waals surface area contributed by atoms with E-state index in [9.17, 15) is 4.79 Å².